The lowest BCUT2D eigenvalue weighted by Gasteiger charge is -2.40. The van der Waals surface area contributed by atoms with Gasteiger partial charge in [-0.25, -0.2) is 4.79 Å². The van der Waals surface area contributed by atoms with Crippen LogP contribution < -0.4 is 5.32 Å². The Morgan fingerprint density at radius 3 is 2.33 bits per heavy atom. The number of phenols is 1. The smallest absolute Gasteiger partial charge is 0.335 e. The molecule has 0 unspecified atom stereocenters. The molecule has 0 aliphatic heterocycles. The molecular weight excluding hydrogens is 434 g/mol. The van der Waals surface area contributed by atoms with Gasteiger partial charge in [0.15, 0.2) is 8.32 Å². The zero-order chi connectivity index (χ0) is 25.0. The molecule has 0 saturated heterocycles. The predicted octanol–water partition coefficient (Wildman–Crippen LogP) is 5.26. The van der Waals surface area contributed by atoms with E-state index in [1.165, 1.54) is 0 Å². The van der Waals surface area contributed by atoms with Crippen molar-refractivity contribution < 1.29 is 24.5 Å². The third-order valence-corrected chi connectivity index (χ3v) is 11.0. The summed E-state index contributed by atoms with van der Waals surface area (Å²) in [7, 11) is -2.11. The molecule has 0 aliphatic carbocycles. The van der Waals surface area contributed by atoms with Crippen LogP contribution in [-0.2, 0) is 17.5 Å². The Bertz CT molecular complexity index is 965. The Morgan fingerprint density at radius 1 is 1.09 bits per heavy atom. The number of aliphatic hydroxyl groups excluding tert-OH is 1. The van der Waals surface area contributed by atoms with Gasteiger partial charge in [-0.15, -0.1) is 0 Å². The SMILES string of the molecule is CC(C)(Cc1cccc(C(=O)O)c1)NC[C@H](O[Si](C)(C)C(C)(C)C)c1ccc(O)c(CO)c1. The van der Waals surface area contributed by atoms with E-state index in [9.17, 15) is 20.1 Å². The third-order valence-electron chi connectivity index (χ3n) is 6.47. The van der Waals surface area contributed by atoms with Gasteiger partial charge in [0.2, 0.25) is 0 Å². The first-order valence-electron chi connectivity index (χ1n) is 11.3. The van der Waals surface area contributed by atoms with Crippen LogP contribution in [0.2, 0.25) is 18.1 Å². The van der Waals surface area contributed by atoms with Crippen LogP contribution in [0.4, 0.5) is 0 Å². The van der Waals surface area contributed by atoms with E-state index in [1.54, 1.807) is 30.3 Å². The first-order valence-corrected chi connectivity index (χ1v) is 14.2. The second-order valence-electron chi connectivity index (χ2n) is 10.9. The minimum absolute atomic E-state index is 0.0226. The van der Waals surface area contributed by atoms with Crippen LogP contribution >= 0.6 is 0 Å². The van der Waals surface area contributed by atoms with Crippen molar-refractivity contribution in [2.45, 2.75) is 77.4 Å². The normalized spacial score (nSPS) is 13.7. The topological polar surface area (TPSA) is 99.0 Å². The maximum absolute atomic E-state index is 11.3. The first-order chi connectivity index (χ1) is 15.1. The summed E-state index contributed by atoms with van der Waals surface area (Å²) < 4.78 is 6.76. The van der Waals surface area contributed by atoms with E-state index in [0.717, 1.165) is 11.1 Å². The standard InChI is InChI=1S/C26H39NO5Si/c1-25(2,3)33(6,7)32-23(19-11-12-22(29)21(14-19)17-28)16-27-26(4,5)15-18-9-8-10-20(13-18)24(30)31/h8-14,23,27-29H,15-17H2,1-7H3,(H,30,31)/t23-/m0/s1. The number of aromatic hydroxyl groups is 1. The lowest BCUT2D eigenvalue weighted by Crippen LogP contribution is -2.47. The van der Waals surface area contributed by atoms with Gasteiger partial charge in [-0.2, -0.15) is 0 Å². The quantitative estimate of drug-likeness (QED) is 0.352. The number of rotatable bonds is 10. The van der Waals surface area contributed by atoms with E-state index >= 15 is 0 Å². The minimum Gasteiger partial charge on any atom is -0.508 e. The van der Waals surface area contributed by atoms with Crippen LogP contribution in [-0.4, -0.2) is 41.7 Å². The molecule has 2 rings (SSSR count). The molecule has 33 heavy (non-hydrogen) atoms. The summed E-state index contributed by atoms with van der Waals surface area (Å²) in [4.78, 5) is 11.3. The van der Waals surface area contributed by atoms with Crippen molar-refractivity contribution in [3.05, 3.63) is 64.7 Å². The maximum atomic E-state index is 11.3. The number of carboxylic acid groups (broad SMARTS) is 1. The van der Waals surface area contributed by atoms with Gasteiger partial charge < -0.3 is 25.1 Å². The predicted molar refractivity (Wildman–Crippen MR) is 134 cm³/mol. The van der Waals surface area contributed by atoms with E-state index in [4.69, 9.17) is 4.43 Å². The minimum atomic E-state index is -2.11. The number of benzene rings is 2. The fourth-order valence-corrected chi connectivity index (χ4v) is 4.73. The average molecular weight is 474 g/mol. The number of aliphatic hydroxyl groups is 1. The Labute approximate surface area is 198 Å². The molecule has 6 nitrogen and oxygen atoms in total. The number of nitrogens with one attached hydrogen (secondary N) is 1. The largest absolute Gasteiger partial charge is 0.508 e. The number of carboxylic acids is 1. The summed E-state index contributed by atoms with van der Waals surface area (Å²) in [6, 6.07) is 12.3. The summed E-state index contributed by atoms with van der Waals surface area (Å²) in [5.41, 5.74) is 2.28. The van der Waals surface area contributed by atoms with Gasteiger partial charge >= 0.3 is 5.97 Å². The van der Waals surface area contributed by atoms with Crippen LogP contribution in [0, 0.1) is 0 Å². The van der Waals surface area contributed by atoms with Crippen molar-refractivity contribution in [1.82, 2.24) is 5.32 Å². The number of hydrogen-bond acceptors (Lipinski definition) is 5. The van der Waals surface area contributed by atoms with Gasteiger partial charge in [0.25, 0.3) is 0 Å². The summed E-state index contributed by atoms with van der Waals surface area (Å²) in [5, 5.41) is 32.5. The lowest BCUT2D eigenvalue weighted by atomic mass is 9.93. The number of hydrogen-bond donors (Lipinski definition) is 4. The molecule has 0 bridgehead atoms. The molecule has 7 heteroatoms. The van der Waals surface area contributed by atoms with Crippen molar-refractivity contribution in [1.29, 1.82) is 0 Å². The monoisotopic (exact) mass is 473 g/mol. The summed E-state index contributed by atoms with van der Waals surface area (Å²) >= 11 is 0. The zero-order valence-corrected chi connectivity index (χ0v) is 21.9. The van der Waals surface area contributed by atoms with E-state index < -0.39 is 14.3 Å². The molecule has 0 heterocycles. The van der Waals surface area contributed by atoms with Crippen LogP contribution in [0.25, 0.3) is 0 Å². The molecule has 0 aromatic heterocycles. The molecule has 1 atom stereocenters. The molecule has 4 N–H and O–H groups in total. The second-order valence-corrected chi connectivity index (χ2v) is 15.6. The fraction of sp³-hybridized carbons (Fsp3) is 0.500. The molecule has 0 amide bonds. The highest BCUT2D eigenvalue weighted by Crippen LogP contribution is 2.40. The molecule has 0 saturated carbocycles. The van der Waals surface area contributed by atoms with E-state index in [2.05, 4.69) is 53.0 Å². The highest BCUT2D eigenvalue weighted by Gasteiger charge is 2.39. The van der Waals surface area contributed by atoms with Gasteiger partial charge in [0, 0.05) is 17.6 Å². The zero-order valence-electron chi connectivity index (χ0n) is 20.9. The molecule has 0 radical (unpaired) electrons. The Morgan fingerprint density at radius 2 is 1.76 bits per heavy atom. The molecule has 2 aromatic carbocycles. The van der Waals surface area contributed by atoms with Gasteiger partial charge in [-0.05, 0) is 73.8 Å². The van der Waals surface area contributed by atoms with Crippen molar-refractivity contribution >= 4 is 14.3 Å². The van der Waals surface area contributed by atoms with Crippen molar-refractivity contribution in [3.63, 3.8) is 0 Å². The van der Waals surface area contributed by atoms with E-state index in [1.807, 2.05) is 12.1 Å². The fourth-order valence-electron chi connectivity index (χ4n) is 3.45. The van der Waals surface area contributed by atoms with Gasteiger partial charge in [-0.3, -0.25) is 0 Å². The highest BCUT2D eigenvalue weighted by atomic mass is 28.4. The van der Waals surface area contributed by atoms with Crippen molar-refractivity contribution in [2.24, 2.45) is 0 Å². The molecule has 2 aromatic rings. The second kappa shape index (κ2) is 10.4. The van der Waals surface area contributed by atoms with Gasteiger partial charge in [-0.1, -0.05) is 39.0 Å². The van der Waals surface area contributed by atoms with E-state index in [-0.39, 0.29) is 34.6 Å². The summed E-state index contributed by atoms with van der Waals surface area (Å²) in [6.45, 7) is 15.4. The average Bonchev–Trinajstić information content (AvgIpc) is 2.70. The number of carbonyl (C=O) groups is 1. The Kier molecular flexibility index (Phi) is 8.51. The highest BCUT2D eigenvalue weighted by molar-refractivity contribution is 6.74. The molecule has 0 fully saturated rings. The van der Waals surface area contributed by atoms with Gasteiger partial charge in [0.05, 0.1) is 18.3 Å². The molecule has 0 spiro atoms. The maximum Gasteiger partial charge on any atom is 0.335 e. The van der Waals surface area contributed by atoms with Crippen LogP contribution in [0.5, 0.6) is 5.75 Å². The number of aromatic carboxylic acids is 1. The first kappa shape index (κ1) is 27.1. The molecule has 0 aliphatic rings. The summed E-state index contributed by atoms with van der Waals surface area (Å²) in [5.74, 6) is -0.864. The summed E-state index contributed by atoms with van der Waals surface area (Å²) in [6.07, 6.45) is 0.389. The van der Waals surface area contributed by atoms with Crippen molar-refractivity contribution in [3.8, 4) is 5.75 Å². The van der Waals surface area contributed by atoms with Crippen molar-refractivity contribution in [2.75, 3.05) is 6.54 Å². The van der Waals surface area contributed by atoms with Crippen LogP contribution in [0.1, 0.15) is 67.8 Å². The lowest BCUT2D eigenvalue weighted by molar-refractivity contribution is 0.0696. The molecule has 182 valence electrons. The van der Waals surface area contributed by atoms with Crippen LogP contribution in [0.3, 0.4) is 0 Å². The molecular formula is C26H39NO5Si. The Balaban J connectivity index is 2.26. The third kappa shape index (κ3) is 7.40. The Hall–Kier alpha value is -2.19. The van der Waals surface area contributed by atoms with E-state index in [0.29, 0.717) is 18.5 Å². The van der Waals surface area contributed by atoms with Gasteiger partial charge in [0.1, 0.15) is 5.75 Å². The van der Waals surface area contributed by atoms with Crippen LogP contribution in [0.15, 0.2) is 42.5 Å².